The Kier molecular flexibility index (Phi) is 7.94. The van der Waals surface area contributed by atoms with Crippen LogP contribution in [0.15, 0.2) is 47.3 Å². The standard InChI is InChI=1S/C31H37N5O6/c1-31(2,3)42-30(41)35-17-15-34(16-18-35)27(38)14-7-20-5-8-21(9-6-20)22-10-11-23-25(19-22)33(4)29(40)36(23)24-12-13-26(37)32-28(24)39/h5-6,8-11,19,24H,7,12-18H2,1-4H3,(H,32,37,39). The van der Waals surface area contributed by atoms with E-state index in [1.54, 1.807) is 16.8 Å². The Labute approximate surface area is 244 Å². The van der Waals surface area contributed by atoms with E-state index in [4.69, 9.17) is 4.74 Å². The number of hydrogen-bond donors (Lipinski definition) is 1. The van der Waals surface area contributed by atoms with Crippen molar-refractivity contribution in [2.24, 2.45) is 7.05 Å². The lowest BCUT2D eigenvalue weighted by molar-refractivity contribution is -0.136. The van der Waals surface area contributed by atoms with Crippen molar-refractivity contribution in [2.45, 2.75) is 58.1 Å². The fraction of sp³-hybridized carbons (Fsp3) is 0.452. The van der Waals surface area contributed by atoms with Gasteiger partial charge < -0.3 is 14.5 Å². The number of imidazole rings is 1. The minimum Gasteiger partial charge on any atom is -0.444 e. The van der Waals surface area contributed by atoms with Crippen LogP contribution in [0.2, 0.25) is 0 Å². The van der Waals surface area contributed by atoms with Crippen LogP contribution in [0.4, 0.5) is 4.79 Å². The van der Waals surface area contributed by atoms with E-state index in [2.05, 4.69) is 5.32 Å². The fourth-order valence-corrected chi connectivity index (χ4v) is 5.51. The van der Waals surface area contributed by atoms with Crippen LogP contribution in [0.3, 0.4) is 0 Å². The molecule has 2 aliphatic heterocycles. The van der Waals surface area contributed by atoms with Gasteiger partial charge in [-0.1, -0.05) is 30.3 Å². The van der Waals surface area contributed by atoms with Gasteiger partial charge in [-0.3, -0.25) is 28.8 Å². The number of nitrogens with one attached hydrogen (secondary N) is 1. The number of amides is 4. The number of benzene rings is 2. The highest BCUT2D eigenvalue weighted by Gasteiger charge is 2.31. The molecule has 3 aromatic rings. The lowest BCUT2D eigenvalue weighted by Gasteiger charge is -2.35. The van der Waals surface area contributed by atoms with Crippen molar-refractivity contribution in [3.05, 3.63) is 58.5 Å². The molecule has 1 atom stereocenters. The van der Waals surface area contributed by atoms with Crippen molar-refractivity contribution in [1.29, 1.82) is 0 Å². The van der Waals surface area contributed by atoms with Crippen molar-refractivity contribution in [3.63, 3.8) is 0 Å². The van der Waals surface area contributed by atoms with Gasteiger partial charge in [-0.2, -0.15) is 0 Å². The molecule has 2 fully saturated rings. The molecule has 1 aromatic heterocycles. The Hall–Kier alpha value is -4.41. The number of aryl methyl sites for hydroxylation is 2. The number of fused-ring (bicyclic) bond motifs is 1. The molecule has 5 rings (SSSR count). The highest BCUT2D eigenvalue weighted by Crippen LogP contribution is 2.28. The van der Waals surface area contributed by atoms with Gasteiger partial charge in [-0.25, -0.2) is 9.59 Å². The maximum absolute atomic E-state index is 13.1. The molecule has 1 N–H and O–H groups in total. The average molecular weight is 576 g/mol. The van der Waals surface area contributed by atoms with Crippen LogP contribution in [-0.4, -0.2) is 74.5 Å². The number of piperidine rings is 1. The largest absolute Gasteiger partial charge is 0.444 e. The summed E-state index contributed by atoms with van der Waals surface area (Å²) in [7, 11) is 1.67. The van der Waals surface area contributed by atoms with Crippen molar-refractivity contribution >= 4 is 34.8 Å². The van der Waals surface area contributed by atoms with Gasteiger partial charge in [0, 0.05) is 46.1 Å². The van der Waals surface area contributed by atoms with E-state index < -0.39 is 17.6 Å². The van der Waals surface area contributed by atoms with Crippen LogP contribution in [0.5, 0.6) is 0 Å². The molecule has 0 saturated carbocycles. The monoisotopic (exact) mass is 575 g/mol. The lowest BCUT2D eigenvalue weighted by atomic mass is 10.0. The summed E-state index contributed by atoms with van der Waals surface area (Å²) in [6.07, 6.45) is 1.13. The second-order valence-electron chi connectivity index (χ2n) is 11.9. The van der Waals surface area contributed by atoms with E-state index in [9.17, 15) is 24.0 Å². The lowest BCUT2D eigenvalue weighted by Crippen LogP contribution is -2.51. The van der Waals surface area contributed by atoms with Gasteiger partial charge in [0.2, 0.25) is 17.7 Å². The molecule has 4 amide bonds. The molecule has 0 bridgehead atoms. The zero-order valence-electron chi connectivity index (χ0n) is 24.5. The molecule has 11 heteroatoms. The zero-order chi connectivity index (χ0) is 30.2. The van der Waals surface area contributed by atoms with E-state index >= 15 is 0 Å². The summed E-state index contributed by atoms with van der Waals surface area (Å²) < 4.78 is 8.42. The van der Waals surface area contributed by atoms with Crippen molar-refractivity contribution in [1.82, 2.24) is 24.3 Å². The number of imide groups is 1. The smallest absolute Gasteiger partial charge is 0.410 e. The predicted octanol–water partition coefficient (Wildman–Crippen LogP) is 3.00. The quantitative estimate of drug-likeness (QED) is 0.467. The Morgan fingerprint density at radius 3 is 2.19 bits per heavy atom. The van der Waals surface area contributed by atoms with E-state index in [0.717, 1.165) is 16.7 Å². The topological polar surface area (TPSA) is 123 Å². The van der Waals surface area contributed by atoms with Gasteiger partial charge in [0.1, 0.15) is 11.6 Å². The summed E-state index contributed by atoms with van der Waals surface area (Å²) in [6, 6.07) is 13.0. The second-order valence-corrected chi connectivity index (χ2v) is 11.9. The van der Waals surface area contributed by atoms with Crippen LogP contribution in [0.25, 0.3) is 22.2 Å². The first-order valence-corrected chi connectivity index (χ1v) is 14.3. The summed E-state index contributed by atoms with van der Waals surface area (Å²) in [5.41, 5.74) is 3.41. The summed E-state index contributed by atoms with van der Waals surface area (Å²) in [5, 5.41) is 2.33. The number of carbonyl (C=O) groups excluding carboxylic acids is 4. The highest BCUT2D eigenvalue weighted by atomic mass is 16.6. The zero-order valence-corrected chi connectivity index (χ0v) is 24.5. The molecule has 0 radical (unpaired) electrons. The molecule has 3 heterocycles. The normalized spacial score (nSPS) is 17.9. The first-order valence-electron chi connectivity index (χ1n) is 14.3. The molecule has 0 aliphatic carbocycles. The molecule has 2 aliphatic rings. The van der Waals surface area contributed by atoms with Gasteiger partial charge in [-0.05, 0) is 62.4 Å². The maximum atomic E-state index is 13.1. The van der Waals surface area contributed by atoms with Crippen LogP contribution in [-0.2, 0) is 32.6 Å². The molecular formula is C31H37N5O6. The summed E-state index contributed by atoms with van der Waals surface area (Å²) in [6.45, 7) is 7.42. The minimum absolute atomic E-state index is 0.0646. The van der Waals surface area contributed by atoms with Crippen molar-refractivity contribution in [3.8, 4) is 11.1 Å². The Bertz CT molecular complexity index is 1590. The molecule has 2 saturated heterocycles. The average Bonchev–Trinajstić information content (AvgIpc) is 3.20. The number of nitrogens with zero attached hydrogens (tertiary/aromatic N) is 4. The van der Waals surface area contributed by atoms with Crippen molar-refractivity contribution in [2.75, 3.05) is 26.2 Å². The molecule has 42 heavy (non-hydrogen) atoms. The third-order valence-electron chi connectivity index (χ3n) is 7.81. The molecule has 222 valence electrons. The Balaban J connectivity index is 1.20. The Morgan fingerprint density at radius 2 is 1.55 bits per heavy atom. The maximum Gasteiger partial charge on any atom is 0.410 e. The molecular weight excluding hydrogens is 538 g/mol. The van der Waals surface area contributed by atoms with Gasteiger partial charge in [0.15, 0.2) is 0 Å². The molecule has 1 unspecified atom stereocenters. The third kappa shape index (κ3) is 6.09. The van der Waals surface area contributed by atoms with Gasteiger partial charge in [0.05, 0.1) is 11.0 Å². The number of aromatic nitrogens is 2. The minimum atomic E-state index is -0.722. The number of carbonyl (C=O) groups is 4. The van der Waals surface area contributed by atoms with E-state index in [1.807, 2.05) is 63.2 Å². The highest BCUT2D eigenvalue weighted by molar-refractivity contribution is 6.00. The number of piperazine rings is 1. The predicted molar refractivity (Wildman–Crippen MR) is 157 cm³/mol. The first-order chi connectivity index (χ1) is 19.9. The number of ether oxygens (including phenoxy) is 1. The molecule has 2 aromatic carbocycles. The Morgan fingerprint density at radius 1 is 0.905 bits per heavy atom. The number of rotatable bonds is 5. The fourth-order valence-electron chi connectivity index (χ4n) is 5.51. The van der Waals surface area contributed by atoms with Gasteiger partial charge in [-0.15, -0.1) is 0 Å². The SMILES string of the molecule is Cn1c(=O)n(C2CCC(=O)NC2=O)c2ccc(-c3ccc(CCC(=O)N4CCN(C(=O)OC(C)(C)C)CC4)cc3)cc21. The van der Waals surface area contributed by atoms with Crippen molar-refractivity contribution < 1.29 is 23.9 Å². The summed E-state index contributed by atoms with van der Waals surface area (Å²) >= 11 is 0. The summed E-state index contributed by atoms with van der Waals surface area (Å²) in [4.78, 5) is 65.6. The number of hydrogen-bond acceptors (Lipinski definition) is 6. The van der Waals surface area contributed by atoms with Crippen LogP contribution < -0.4 is 11.0 Å². The second kappa shape index (κ2) is 11.5. The van der Waals surface area contributed by atoms with Crippen LogP contribution >= 0.6 is 0 Å². The van der Waals surface area contributed by atoms with E-state index in [1.165, 1.54) is 9.13 Å². The third-order valence-corrected chi connectivity index (χ3v) is 7.81. The van der Waals surface area contributed by atoms with Crippen LogP contribution in [0.1, 0.15) is 51.6 Å². The first kappa shape index (κ1) is 29.1. The van der Waals surface area contributed by atoms with E-state index in [-0.39, 0.29) is 36.4 Å². The molecule has 11 nitrogen and oxygen atoms in total. The van der Waals surface area contributed by atoms with Gasteiger partial charge in [0.25, 0.3) is 0 Å². The van der Waals surface area contributed by atoms with Crippen LogP contribution in [0, 0.1) is 0 Å². The molecule has 0 spiro atoms. The van der Waals surface area contributed by atoms with Gasteiger partial charge >= 0.3 is 11.8 Å². The summed E-state index contributed by atoms with van der Waals surface area (Å²) in [5.74, 6) is -0.713. The van der Waals surface area contributed by atoms with E-state index in [0.29, 0.717) is 50.1 Å².